The van der Waals surface area contributed by atoms with Gasteiger partial charge in [0.05, 0.1) is 12.0 Å². The summed E-state index contributed by atoms with van der Waals surface area (Å²) in [5.41, 5.74) is 3.03. The number of aliphatic hydroxyl groups excluding tert-OH is 1. The Balaban J connectivity index is 1.60. The van der Waals surface area contributed by atoms with E-state index >= 15 is 0 Å². The maximum Gasteiger partial charge on any atom is 0.258 e. The fraction of sp³-hybridized carbons (Fsp3) is 0.667. The van der Waals surface area contributed by atoms with Crippen molar-refractivity contribution in [2.24, 2.45) is 17.8 Å². The molecule has 0 spiro atoms. The number of hydrogen-bond acceptors (Lipinski definition) is 4. The summed E-state index contributed by atoms with van der Waals surface area (Å²) < 4.78 is 1.93. The van der Waals surface area contributed by atoms with Crippen molar-refractivity contribution in [2.75, 3.05) is 27.2 Å². The summed E-state index contributed by atoms with van der Waals surface area (Å²) in [6.45, 7) is 1.51. The summed E-state index contributed by atoms with van der Waals surface area (Å²) in [5, 5.41) is 10.3. The van der Waals surface area contributed by atoms with E-state index in [4.69, 9.17) is 0 Å². The van der Waals surface area contributed by atoms with Crippen LogP contribution in [0.25, 0.3) is 5.57 Å². The fourth-order valence-electron chi connectivity index (χ4n) is 5.98. The van der Waals surface area contributed by atoms with E-state index in [0.29, 0.717) is 12.5 Å². The van der Waals surface area contributed by atoms with E-state index in [1.54, 1.807) is 19.0 Å². The molecule has 3 heterocycles. The van der Waals surface area contributed by atoms with E-state index in [1.165, 1.54) is 24.8 Å². The molecule has 0 radical (unpaired) electrons. The number of aliphatic hydroxyl groups is 1. The minimum absolute atomic E-state index is 0.0205. The maximum absolute atomic E-state index is 13.5. The monoisotopic (exact) mass is 411 g/mol. The number of amides is 1. The van der Waals surface area contributed by atoms with E-state index in [-0.39, 0.29) is 42.0 Å². The van der Waals surface area contributed by atoms with E-state index < -0.39 is 0 Å². The Kier molecular flexibility index (Phi) is 5.10. The Morgan fingerprint density at radius 3 is 2.67 bits per heavy atom. The van der Waals surface area contributed by atoms with Crippen LogP contribution >= 0.6 is 0 Å². The SMILES string of the molecule is CN(C)C(=O)[C@H]1[C@H](CO)[C@H]2Cn3c(ccc(C4=CCCCC4)c3=O)[C@@H]1N2CC1CC1. The second-order valence-corrected chi connectivity index (χ2v) is 9.82. The van der Waals surface area contributed by atoms with Crippen LogP contribution < -0.4 is 5.56 Å². The maximum atomic E-state index is 13.5. The molecule has 1 saturated carbocycles. The average Bonchev–Trinajstić information content (AvgIpc) is 3.53. The number of pyridine rings is 1. The van der Waals surface area contributed by atoms with Crippen LogP contribution in [0.2, 0.25) is 0 Å². The topological polar surface area (TPSA) is 65.8 Å². The van der Waals surface area contributed by atoms with Gasteiger partial charge in [-0.1, -0.05) is 6.08 Å². The first-order chi connectivity index (χ1) is 14.5. The molecular formula is C24H33N3O3. The average molecular weight is 412 g/mol. The number of rotatable bonds is 5. The molecule has 4 aliphatic rings. The fourth-order valence-corrected chi connectivity index (χ4v) is 5.98. The van der Waals surface area contributed by atoms with Crippen LogP contribution in [0, 0.1) is 17.8 Å². The van der Waals surface area contributed by atoms with Crippen LogP contribution in [-0.2, 0) is 11.3 Å². The van der Waals surface area contributed by atoms with Gasteiger partial charge in [-0.15, -0.1) is 0 Å². The number of fused-ring (bicyclic) bond motifs is 4. The first-order valence-corrected chi connectivity index (χ1v) is 11.5. The molecular weight excluding hydrogens is 378 g/mol. The Labute approximate surface area is 178 Å². The number of carbonyl (C=O) groups excluding carboxylic acids is 1. The van der Waals surface area contributed by atoms with Crippen LogP contribution in [0.1, 0.15) is 55.8 Å². The Hall–Kier alpha value is -1.92. The molecule has 4 atom stereocenters. The predicted molar refractivity (Wildman–Crippen MR) is 116 cm³/mol. The summed E-state index contributed by atoms with van der Waals surface area (Å²) >= 11 is 0. The number of carbonyl (C=O) groups is 1. The van der Waals surface area contributed by atoms with Gasteiger partial charge in [-0.3, -0.25) is 14.5 Å². The third kappa shape index (κ3) is 3.16. The van der Waals surface area contributed by atoms with Gasteiger partial charge in [0.1, 0.15) is 0 Å². The second kappa shape index (κ2) is 7.65. The van der Waals surface area contributed by atoms with Crippen LogP contribution in [-0.4, -0.2) is 58.7 Å². The Bertz CT molecular complexity index is 930. The standard InChI is InChI=1S/C24H33N3O3/c1-25(2)24(30)21-18(14-28)20-13-27-19(22(21)26(20)12-15-8-9-15)11-10-17(23(27)29)16-6-4-3-5-7-16/h6,10-11,15,18,20-22,28H,3-5,7-9,12-14H2,1-2H3/t18-,20-,21+,22+/m1/s1. The number of hydrogen-bond donors (Lipinski definition) is 1. The zero-order valence-electron chi connectivity index (χ0n) is 18.1. The molecule has 1 aromatic heterocycles. The number of aromatic nitrogens is 1. The van der Waals surface area contributed by atoms with Gasteiger partial charge in [0.2, 0.25) is 5.91 Å². The van der Waals surface area contributed by atoms with Crippen molar-refractivity contribution in [3.05, 3.63) is 39.8 Å². The summed E-state index contributed by atoms with van der Waals surface area (Å²) in [5.74, 6) is 0.303. The van der Waals surface area contributed by atoms with E-state index in [0.717, 1.165) is 37.1 Å². The minimum atomic E-state index is -0.304. The van der Waals surface area contributed by atoms with E-state index in [1.807, 2.05) is 10.6 Å². The smallest absolute Gasteiger partial charge is 0.258 e. The molecule has 0 aromatic carbocycles. The molecule has 162 valence electrons. The summed E-state index contributed by atoms with van der Waals surface area (Å²) in [6.07, 6.45) is 9.05. The van der Waals surface area contributed by atoms with Crippen LogP contribution in [0.15, 0.2) is 23.0 Å². The third-order valence-corrected chi connectivity index (χ3v) is 7.70. The number of allylic oxidation sites excluding steroid dienone is 2. The zero-order chi connectivity index (χ0) is 21.0. The molecule has 2 fully saturated rings. The van der Waals surface area contributed by atoms with Crippen LogP contribution in [0.3, 0.4) is 0 Å². The van der Waals surface area contributed by atoms with Gasteiger partial charge < -0.3 is 14.6 Å². The second-order valence-electron chi connectivity index (χ2n) is 9.82. The van der Waals surface area contributed by atoms with Gasteiger partial charge in [-0.25, -0.2) is 0 Å². The molecule has 30 heavy (non-hydrogen) atoms. The molecule has 0 unspecified atom stereocenters. The van der Waals surface area contributed by atoms with Crippen molar-refractivity contribution in [2.45, 2.75) is 57.2 Å². The molecule has 2 bridgehead atoms. The van der Waals surface area contributed by atoms with Crippen molar-refractivity contribution in [3.8, 4) is 0 Å². The number of nitrogens with zero attached hydrogens (tertiary/aromatic N) is 3. The van der Waals surface area contributed by atoms with Crippen molar-refractivity contribution in [3.63, 3.8) is 0 Å². The molecule has 1 N–H and O–H groups in total. The first kappa shape index (κ1) is 20.0. The highest BCUT2D eigenvalue weighted by Crippen LogP contribution is 2.50. The van der Waals surface area contributed by atoms with Gasteiger partial charge >= 0.3 is 0 Å². The molecule has 2 aliphatic heterocycles. The minimum Gasteiger partial charge on any atom is -0.396 e. The highest BCUT2D eigenvalue weighted by molar-refractivity contribution is 5.80. The molecule has 5 rings (SSSR count). The summed E-state index contributed by atoms with van der Waals surface area (Å²) in [4.78, 5) is 30.8. The van der Waals surface area contributed by atoms with Gasteiger partial charge in [0.15, 0.2) is 0 Å². The van der Waals surface area contributed by atoms with Crippen LogP contribution in [0.5, 0.6) is 0 Å². The lowest BCUT2D eigenvalue weighted by atomic mass is 9.86. The highest BCUT2D eigenvalue weighted by atomic mass is 16.3. The lowest BCUT2D eigenvalue weighted by molar-refractivity contribution is -0.135. The molecule has 6 heteroatoms. The van der Waals surface area contributed by atoms with E-state index in [2.05, 4.69) is 17.0 Å². The van der Waals surface area contributed by atoms with Gasteiger partial charge in [-0.2, -0.15) is 0 Å². The van der Waals surface area contributed by atoms with Crippen molar-refractivity contribution in [1.29, 1.82) is 0 Å². The molecule has 1 saturated heterocycles. The Morgan fingerprint density at radius 2 is 2.03 bits per heavy atom. The summed E-state index contributed by atoms with van der Waals surface area (Å²) in [6, 6.07) is 3.99. The zero-order valence-corrected chi connectivity index (χ0v) is 18.1. The largest absolute Gasteiger partial charge is 0.396 e. The third-order valence-electron chi connectivity index (χ3n) is 7.70. The van der Waals surface area contributed by atoms with E-state index in [9.17, 15) is 14.7 Å². The van der Waals surface area contributed by atoms with Gasteiger partial charge in [0.25, 0.3) is 5.56 Å². The lowest BCUT2D eigenvalue weighted by Gasteiger charge is -2.38. The summed E-state index contributed by atoms with van der Waals surface area (Å²) in [7, 11) is 3.58. The van der Waals surface area contributed by atoms with Gasteiger partial charge in [-0.05, 0) is 62.1 Å². The predicted octanol–water partition coefficient (Wildman–Crippen LogP) is 2.27. The quantitative estimate of drug-likeness (QED) is 0.807. The first-order valence-electron chi connectivity index (χ1n) is 11.5. The van der Waals surface area contributed by atoms with Crippen molar-refractivity contribution >= 4 is 11.5 Å². The molecule has 1 amide bonds. The van der Waals surface area contributed by atoms with Crippen molar-refractivity contribution in [1.82, 2.24) is 14.4 Å². The Morgan fingerprint density at radius 1 is 1.23 bits per heavy atom. The van der Waals surface area contributed by atoms with Crippen molar-refractivity contribution < 1.29 is 9.90 Å². The molecule has 1 aromatic rings. The van der Waals surface area contributed by atoms with Gasteiger partial charge in [0, 0.05) is 57.0 Å². The molecule has 2 aliphatic carbocycles. The normalized spacial score (nSPS) is 30.7. The molecule has 6 nitrogen and oxygen atoms in total. The van der Waals surface area contributed by atoms with Crippen LogP contribution in [0.4, 0.5) is 0 Å². The highest BCUT2D eigenvalue weighted by Gasteiger charge is 2.56. The lowest BCUT2D eigenvalue weighted by Crippen LogP contribution is -2.47.